The van der Waals surface area contributed by atoms with E-state index in [1.165, 1.54) is 6.07 Å². The zero-order valence-corrected chi connectivity index (χ0v) is 20.5. The van der Waals surface area contributed by atoms with Gasteiger partial charge in [0.2, 0.25) is 5.43 Å². The van der Waals surface area contributed by atoms with Gasteiger partial charge >= 0.3 is 0 Å². The van der Waals surface area contributed by atoms with Crippen LogP contribution in [0.15, 0.2) is 53.5 Å². The van der Waals surface area contributed by atoms with Gasteiger partial charge in [0, 0.05) is 37.8 Å². The second kappa shape index (κ2) is 9.49. The summed E-state index contributed by atoms with van der Waals surface area (Å²) in [5.74, 6) is -0.247. The number of carbonyl (C=O) groups is 1. The average Bonchev–Trinajstić information content (AvgIpc) is 2.93. The van der Waals surface area contributed by atoms with E-state index in [2.05, 4.69) is 10.6 Å². The van der Waals surface area contributed by atoms with Crippen LogP contribution in [-0.2, 0) is 4.74 Å². The third-order valence-electron chi connectivity index (χ3n) is 6.89. The van der Waals surface area contributed by atoms with Crippen LogP contribution in [0.4, 0.5) is 10.1 Å². The minimum Gasteiger partial charge on any atom is -0.451 e. The Kier molecular flexibility index (Phi) is 6.02. The van der Waals surface area contributed by atoms with Crippen LogP contribution in [0.1, 0.15) is 17.3 Å². The van der Waals surface area contributed by atoms with Gasteiger partial charge in [-0.1, -0.05) is 37.3 Å². The number of hydrogen-bond acceptors (Lipinski definition) is 6. The minimum atomic E-state index is -0.608. The molecule has 9 heteroatoms. The van der Waals surface area contributed by atoms with E-state index in [4.69, 9.17) is 9.47 Å². The molecule has 8 nitrogen and oxygen atoms in total. The first-order valence-corrected chi connectivity index (χ1v) is 12.5. The topological polar surface area (TPSA) is 84.8 Å². The molecule has 0 unspecified atom stereocenters. The predicted molar refractivity (Wildman–Crippen MR) is 141 cm³/mol. The summed E-state index contributed by atoms with van der Waals surface area (Å²) in [5.41, 5.74) is 0.795. The molecule has 0 atom stereocenters. The van der Waals surface area contributed by atoms with Crippen molar-refractivity contribution >= 4 is 33.3 Å². The molecule has 190 valence electrons. The average molecular weight is 503 g/mol. The van der Waals surface area contributed by atoms with Crippen molar-refractivity contribution in [3.8, 4) is 17.2 Å². The first-order valence-electron chi connectivity index (χ1n) is 12.5. The van der Waals surface area contributed by atoms with Crippen LogP contribution in [0.2, 0.25) is 0 Å². The van der Waals surface area contributed by atoms with Crippen molar-refractivity contribution in [3.05, 3.63) is 70.3 Å². The summed E-state index contributed by atoms with van der Waals surface area (Å²) in [6.07, 6.45) is 1.58. The summed E-state index contributed by atoms with van der Waals surface area (Å²) in [6.45, 7) is 5.51. The highest BCUT2D eigenvalue weighted by atomic mass is 19.1. The number of benzene rings is 3. The number of pyridine rings is 1. The molecule has 37 heavy (non-hydrogen) atoms. The van der Waals surface area contributed by atoms with Crippen LogP contribution in [-0.4, -0.2) is 61.3 Å². The van der Waals surface area contributed by atoms with Crippen LogP contribution < -0.4 is 20.8 Å². The van der Waals surface area contributed by atoms with Gasteiger partial charge in [-0.25, -0.2) is 4.39 Å². The number of fused-ring (bicyclic) bond motifs is 4. The monoisotopic (exact) mass is 502 g/mol. The molecule has 6 rings (SSSR count). The maximum atomic E-state index is 15.5. The number of aromatic nitrogens is 1. The number of nitrogens with one attached hydrogen (secondary N) is 2. The molecular weight excluding hydrogens is 475 g/mol. The lowest BCUT2D eigenvalue weighted by atomic mass is 10.0. The van der Waals surface area contributed by atoms with E-state index in [-0.39, 0.29) is 28.3 Å². The van der Waals surface area contributed by atoms with Crippen molar-refractivity contribution in [2.75, 3.05) is 51.3 Å². The molecule has 1 saturated heterocycles. The molecule has 1 amide bonds. The highest BCUT2D eigenvalue weighted by molar-refractivity contribution is 6.04. The van der Waals surface area contributed by atoms with Crippen molar-refractivity contribution in [3.63, 3.8) is 0 Å². The molecular formula is C28H27FN4O4. The van der Waals surface area contributed by atoms with Crippen LogP contribution in [0, 0.1) is 5.82 Å². The third-order valence-corrected chi connectivity index (χ3v) is 6.89. The summed E-state index contributed by atoms with van der Waals surface area (Å²) in [7, 11) is 0. The second-order valence-corrected chi connectivity index (χ2v) is 9.12. The van der Waals surface area contributed by atoms with E-state index in [0.29, 0.717) is 56.3 Å². The predicted octanol–water partition coefficient (Wildman–Crippen LogP) is 3.88. The van der Waals surface area contributed by atoms with Crippen LogP contribution >= 0.6 is 0 Å². The molecule has 0 saturated carbocycles. The van der Waals surface area contributed by atoms with Crippen LogP contribution in [0.25, 0.3) is 27.4 Å². The highest BCUT2D eigenvalue weighted by Crippen LogP contribution is 2.47. The lowest BCUT2D eigenvalue weighted by Crippen LogP contribution is -2.42. The molecule has 2 N–H and O–H groups in total. The largest absolute Gasteiger partial charge is 0.451 e. The molecule has 0 aliphatic carbocycles. The van der Waals surface area contributed by atoms with E-state index in [0.717, 1.165) is 17.3 Å². The maximum Gasteiger partial charge on any atom is 0.259 e. The van der Waals surface area contributed by atoms with Gasteiger partial charge in [0.1, 0.15) is 16.8 Å². The van der Waals surface area contributed by atoms with Crippen molar-refractivity contribution in [2.45, 2.75) is 6.92 Å². The van der Waals surface area contributed by atoms with Gasteiger partial charge in [-0.3, -0.25) is 9.59 Å². The van der Waals surface area contributed by atoms with Crippen LogP contribution in [0.5, 0.6) is 11.5 Å². The molecule has 3 aromatic carbocycles. The number of carbonyl (C=O) groups excluding carboxylic acids is 1. The van der Waals surface area contributed by atoms with E-state index in [9.17, 15) is 9.59 Å². The van der Waals surface area contributed by atoms with Gasteiger partial charge in [0.15, 0.2) is 17.3 Å². The smallest absolute Gasteiger partial charge is 0.259 e. The molecule has 4 aromatic rings. The number of nitrogens with zero attached hydrogens (tertiary/aromatic N) is 2. The molecule has 1 fully saturated rings. The quantitative estimate of drug-likeness (QED) is 0.343. The lowest BCUT2D eigenvalue weighted by Gasteiger charge is -2.29. The van der Waals surface area contributed by atoms with Gasteiger partial charge in [0.05, 0.1) is 24.3 Å². The fourth-order valence-electron chi connectivity index (χ4n) is 5.08. The third kappa shape index (κ3) is 3.91. The Morgan fingerprint density at radius 2 is 1.89 bits per heavy atom. The fraction of sp³-hybridized carbons (Fsp3) is 0.286. The number of rotatable bonds is 6. The summed E-state index contributed by atoms with van der Waals surface area (Å²) in [4.78, 5) is 28.7. The number of hydrogen-bond donors (Lipinski definition) is 2. The molecule has 0 radical (unpaired) electrons. The van der Waals surface area contributed by atoms with Crippen molar-refractivity contribution in [1.82, 2.24) is 14.8 Å². The Balaban J connectivity index is 1.62. The Labute approximate surface area is 212 Å². The number of amides is 1. The molecule has 0 spiro atoms. The summed E-state index contributed by atoms with van der Waals surface area (Å²) < 4.78 is 29.0. The summed E-state index contributed by atoms with van der Waals surface area (Å²) in [6, 6.07) is 12.8. The van der Waals surface area contributed by atoms with E-state index < -0.39 is 11.2 Å². The molecule has 2 aliphatic rings. The number of ether oxygens (including phenoxy) is 2. The minimum absolute atomic E-state index is 0.00612. The second-order valence-electron chi connectivity index (χ2n) is 9.12. The maximum absolute atomic E-state index is 15.5. The highest BCUT2D eigenvalue weighted by Gasteiger charge is 2.31. The van der Waals surface area contributed by atoms with E-state index >= 15 is 4.39 Å². The Bertz CT molecular complexity index is 1590. The van der Waals surface area contributed by atoms with Gasteiger partial charge in [0.25, 0.3) is 5.91 Å². The van der Waals surface area contributed by atoms with Gasteiger partial charge < -0.3 is 29.6 Å². The molecule has 0 bridgehead atoms. The van der Waals surface area contributed by atoms with E-state index in [1.807, 2.05) is 47.9 Å². The Morgan fingerprint density at radius 1 is 1.08 bits per heavy atom. The Morgan fingerprint density at radius 3 is 2.70 bits per heavy atom. The SMILES string of the molecule is CCNCCNc1c(F)cc2c(=O)c(C(=O)N3CCOCC3)cn3c2c1Oc1ccc2ccccc2c1-3. The number of anilines is 1. The molecule has 1 aromatic heterocycles. The van der Waals surface area contributed by atoms with Gasteiger partial charge in [-0.15, -0.1) is 0 Å². The molecule has 3 heterocycles. The zero-order valence-electron chi connectivity index (χ0n) is 20.5. The molecule has 2 aliphatic heterocycles. The fourth-order valence-corrected chi connectivity index (χ4v) is 5.08. The number of morpholine rings is 1. The summed E-state index contributed by atoms with van der Waals surface area (Å²) in [5, 5.41) is 8.31. The summed E-state index contributed by atoms with van der Waals surface area (Å²) >= 11 is 0. The van der Waals surface area contributed by atoms with E-state index in [1.54, 1.807) is 11.1 Å². The Hall–Kier alpha value is -3.95. The number of likely N-dealkylation sites (N-methyl/N-ethyl adjacent to an activating group) is 1. The van der Waals surface area contributed by atoms with Crippen molar-refractivity contribution in [1.29, 1.82) is 0 Å². The van der Waals surface area contributed by atoms with Crippen molar-refractivity contribution in [2.24, 2.45) is 0 Å². The normalized spacial score (nSPS) is 14.5. The first-order chi connectivity index (χ1) is 18.1. The van der Waals surface area contributed by atoms with Gasteiger partial charge in [-0.2, -0.15) is 0 Å². The van der Waals surface area contributed by atoms with Crippen molar-refractivity contribution < 1.29 is 18.7 Å². The van der Waals surface area contributed by atoms with Crippen LogP contribution in [0.3, 0.4) is 0 Å². The zero-order chi connectivity index (χ0) is 25.5. The number of halogens is 1. The standard InChI is InChI=1S/C28H27FN4O4/c1-2-30-9-10-31-23-21(29)15-19-25-27(23)37-22-8-7-17-5-3-4-6-18(17)24(22)33(25)16-20(26(19)34)28(35)32-11-13-36-14-12-32/h3-8,15-16,30-31H,2,9-14H2,1H3. The first kappa shape index (κ1) is 23.4. The van der Waals surface area contributed by atoms with Gasteiger partial charge in [-0.05, 0) is 24.1 Å². The lowest BCUT2D eigenvalue weighted by molar-refractivity contribution is 0.0302.